The molecule has 1 rings (SSSR count). The molecule has 1 aromatic carbocycles. The van der Waals surface area contributed by atoms with Crippen LogP contribution in [0.5, 0.6) is 5.75 Å². The summed E-state index contributed by atoms with van der Waals surface area (Å²) in [7, 11) is -2.87. The van der Waals surface area contributed by atoms with E-state index >= 15 is 0 Å². The number of hydrogen-bond acceptors (Lipinski definition) is 5. The predicted molar refractivity (Wildman–Crippen MR) is 68.6 cm³/mol. The maximum Gasteiger partial charge on any atom is 0.322 e. The second-order valence-corrected chi connectivity index (χ2v) is 5.52. The highest BCUT2D eigenvalue weighted by atomic mass is 32.2. The summed E-state index contributed by atoms with van der Waals surface area (Å²) in [4.78, 5) is 21.5. The Balaban J connectivity index is 3.09. The van der Waals surface area contributed by atoms with Crippen molar-refractivity contribution in [2.24, 2.45) is 5.73 Å². The molecule has 0 bridgehead atoms. The predicted octanol–water partition coefficient (Wildman–Crippen LogP) is -0.698. The summed E-state index contributed by atoms with van der Waals surface area (Å²) in [5, 5.41) is 8.89. The molecule has 1 amide bonds. The van der Waals surface area contributed by atoms with E-state index in [-0.39, 0.29) is 10.6 Å². The monoisotopic (exact) mass is 302 g/mol. The molecule has 0 aliphatic heterocycles. The minimum absolute atomic E-state index is 0.0585. The number of carbonyl (C=O) groups is 2. The molecule has 0 saturated heterocycles. The molecule has 1 atom stereocenters. The van der Waals surface area contributed by atoms with Gasteiger partial charge in [0.15, 0.2) is 0 Å². The number of hydrogen-bond donors (Lipinski definition) is 3. The number of primary amides is 1. The van der Waals surface area contributed by atoms with Crippen molar-refractivity contribution < 1.29 is 27.9 Å². The van der Waals surface area contributed by atoms with Crippen molar-refractivity contribution in [1.82, 2.24) is 4.72 Å². The Morgan fingerprint density at radius 2 is 2.00 bits per heavy atom. The van der Waals surface area contributed by atoms with Gasteiger partial charge >= 0.3 is 5.97 Å². The van der Waals surface area contributed by atoms with Gasteiger partial charge in [-0.15, -0.1) is 0 Å². The van der Waals surface area contributed by atoms with Gasteiger partial charge in [0, 0.05) is 0 Å². The van der Waals surface area contributed by atoms with E-state index in [2.05, 4.69) is 0 Å². The normalized spacial score (nSPS) is 12.7. The molecule has 0 aliphatic rings. The molecule has 0 spiro atoms. The topological polar surface area (TPSA) is 136 Å². The lowest BCUT2D eigenvalue weighted by atomic mass is 10.2. The van der Waals surface area contributed by atoms with Crippen molar-refractivity contribution in [2.45, 2.75) is 17.4 Å². The van der Waals surface area contributed by atoms with Gasteiger partial charge in [-0.1, -0.05) is 12.1 Å². The molecule has 20 heavy (non-hydrogen) atoms. The summed E-state index contributed by atoms with van der Waals surface area (Å²) in [6.07, 6.45) is -0.649. The molecule has 0 heterocycles. The maximum atomic E-state index is 12.1. The van der Waals surface area contributed by atoms with Crippen LogP contribution in [0, 0.1) is 0 Å². The summed E-state index contributed by atoms with van der Waals surface area (Å²) in [5.41, 5.74) is 4.88. The zero-order chi connectivity index (χ0) is 15.3. The van der Waals surface area contributed by atoms with Crippen LogP contribution < -0.4 is 15.2 Å². The van der Waals surface area contributed by atoms with Gasteiger partial charge in [0.25, 0.3) is 0 Å². The Labute approximate surface area is 115 Å². The van der Waals surface area contributed by atoms with Crippen LogP contribution in [0.1, 0.15) is 6.42 Å². The zero-order valence-corrected chi connectivity index (χ0v) is 11.4. The van der Waals surface area contributed by atoms with E-state index in [4.69, 9.17) is 15.6 Å². The number of carboxylic acid groups (broad SMARTS) is 1. The first-order chi connectivity index (χ1) is 9.27. The lowest BCUT2D eigenvalue weighted by molar-refractivity contribution is -0.140. The van der Waals surface area contributed by atoms with Crippen LogP contribution >= 0.6 is 0 Å². The zero-order valence-electron chi connectivity index (χ0n) is 10.6. The first-order valence-electron chi connectivity index (χ1n) is 5.44. The van der Waals surface area contributed by atoms with Crippen LogP contribution in [-0.4, -0.2) is 38.6 Å². The number of benzene rings is 1. The summed E-state index contributed by atoms with van der Waals surface area (Å²) in [6.45, 7) is 0. The molecule has 9 heteroatoms. The average Bonchev–Trinajstić information content (AvgIpc) is 2.37. The lowest BCUT2D eigenvalue weighted by Gasteiger charge is -2.14. The minimum atomic E-state index is -4.16. The van der Waals surface area contributed by atoms with E-state index in [1.807, 2.05) is 4.72 Å². The maximum absolute atomic E-state index is 12.1. The Morgan fingerprint density at radius 3 is 2.50 bits per heavy atom. The number of nitrogens with one attached hydrogen (secondary N) is 1. The highest BCUT2D eigenvalue weighted by molar-refractivity contribution is 7.89. The number of nitrogens with two attached hydrogens (primary N) is 1. The Morgan fingerprint density at radius 1 is 1.40 bits per heavy atom. The average molecular weight is 302 g/mol. The van der Waals surface area contributed by atoms with Gasteiger partial charge in [-0.3, -0.25) is 9.59 Å². The molecule has 4 N–H and O–H groups in total. The molecular weight excluding hydrogens is 288 g/mol. The smallest absolute Gasteiger partial charge is 0.322 e. The summed E-state index contributed by atoms with van der Waals surface area (Å²) >= 11 is 0. The second-order valence-electron chi connectivity index (χ2n) is 3.83. The molecule has 1 aromatic rings. The number of carboxylic acids is 1. The third kappa shape index (κ3) is 3.93. The summed E-state index contributed by atoms with van der Waals surface area (Å²) in [5.74, 6) is -2.37. The first kappa shape index (κ1) is 15.9. The largest absolute Gasteiger partial charge is 0.495 e. The standard InChI is InChI=1S/C11H14N2O6S/c1-19-8-4-2-3-5-9(8)20(17,18)13-7(11(15)16)6-10(12)14/h2-5,7,13H,6H2,1H3,(H2,12,14)(H,15,16). The van der Waals surface area contributed by atoms with Gasteiger partial charge in [0.1, 0.15) is 16.7 Å². The summed E-state index contributed by atoms with van der Waals surface area (Å²) in [6, 6.07) is 4.06. The van der Waals surface area contributed by atoms with Crippen LogP contribution in [0.2, 0.25) is 0 Å². The molecule has 0 aromatic heterocycles. The Bertz CT molecular complexity index is 613. The second kappa shape index (κ2) is 6.35. The fourth-order valence-electron chi connectivity index (χ4n) is 1.47. The Hall–Kier alpha value is -2.13. The van der Waals surface area contributed by atoms with E-state index in [9.17, 15) is 18.0 Å². The van der Waals surface area contributed by atoms with E-state index in [1.165, 1.54) is 25.3 Å². The van der Waals surface area contributed by atoms with Crippen molar-refractivity contribution in [2.75, 3.05) is 7.11 Å². The molecule has 0 fully saturated rings. The summed E-state index contributed by atoms with van der Waals surface area (Å²) < 4.78 is 31.0. The highest BCUT2D eigenvalue weighted by Crippen LogP contribution is 2.22. The van der Waals surface area contributed by atoms with Crippen LogP contribution in [0.15, 0.2) is 29.2 Å². The number of carbonyl (C=O) groups excluding carboxylic acids is 1. The quantitative estimate of drug-likeness (QED) is 0.609. The fourth-order valence-corrected chi connectivity index (χ4v) is 2.83. The van der Waals surface area contributed by atoms with Gasteiger partial charge in [-0.25, -0.2) is 8.42 Å². The Kier molecular flexibility index (Phi) is 5.06. The van der Waals surface area contributed by atoms with Crippen molar-refractivity contribution in [3.05, 3.63) is 24.3 Å². The minimum Gasteiger partial charge on any atom is -0.495 e. The van der Waals surface area contributed by atoms with E-state index in [0.29, 0.717) is 0 Å². The van der Waals surface area contributed by atoms with Crippen molar-refractivity contribution in [3.8, 4) is 5.75 Å². The van der Waals surface area contributed by atoms with Gasteiger partial charge in [-0.05, 0) is 12.1 Å². The van der Waals surface area contributed by atoms with Gasteiger partial charge in [0.2, 0.25) is 15.9 Å². The lowest BCUT2D eigenvalue weighted by Crippen LogP contribution is -2.43. The van der Waals surface area contributed by atoms with Crippen LogP contribution in [0.3, 0.4) is 0 Å². The third-order valence-corrected chi connectivity index (χ3v) is 3.87. The van der Waals surface area contributed by atoms with Crippen molar-refractivity contribution in [3.63, 3.8) is 0 Å². The number of rotatable bonds is 7. The molecule has 0 saturated carbocycles. The van der Waals surface area contributed by atoms with Crippen molar-refractivity contribution >= 4 is 21.9 Å². The molecule has 8 nitrogen and oxygen atoms in total. The number of amides is 1. The van der Waals surface area contributed by atoms with Crippen LogP contribution in [-0.2, 0) is 19.6 Å². The number of methoxy groups -OCH3 is 1. The number of aliphatic carboxylic acids is 1. The fraction of sp³-hybridized carbons (Fsp3) is 0.273. The molecule has 0 radical (unpaired) electrons. The molecule has 110 valence electrons. The number of para-hydroxylation sites is 1. The molecule has 1 unspecified atom stereocenters. The highest BCUT2D eigenvalue weighted by Gasteiger charge is 2.28. The van der Waals surface area contributed by atoms with Crippen molar-refractivity contribution in [1.29, 1.82) is 0 Å². The number of sulfonamides is 1. The van der Waals surface area contributed by atoms with E-state index < -0.39 is 34.4 Å². The van der Waals surface area contributed by atoms with Gasteiger partial charge in [-0.2, -0.15) is 4.72 Å². The van der Waals surface area contributed by atoms with Gasteiger partial charge < -0.3 is 15.6 Å². The van der Waals surface area contributed by atoms with Crippen LogP contribution in [0.4, 0.5) is 0 Å². The molecule has 0 aliphatic carbocycles. The van der Waals surface area contributed by atoms with Gasteiger partial charge in [0.05, 0.1) is 13.5 Å². The third-order valence-electron chi connectivity index (χ3n) is 2.36. The molecular formula is C11H14N2O6S. The number of ether oxygens (including phenoxy) is 1. The van der Waals surface area contributed by atoms with E-state index in [0.717, 1.165) is 0 Å². The van der Waals surface area contributed by atoms with E-state index in [1.54, 1.807) is 6.07 Å². The first-order valence-corrected chi connectivity index (χ1v) is 6.92. The van der Waals surface area contributed by atoms with Crippen LogP contribution in [0.25, 0.3) is 0 Å². The SMILES string of the molecule is COc1ccccc1S(=O)(=O)NC(CC(N)=O)C(=O)O.